The van der Waals surface area contributed by atoms with Crippen LogP contribution in [0, 0.1) is 13.8 Å². The molecule has 1 aromatic heterocycles. The number of aromatic carboxylic acids is 1. The second kappa shape index (κ2) is 5.24. The molecule has 0 spiro atoms. The first-order valence-electron chi connectivity index (χ1n) is 5.48. The molecule has 0 amide bonds. The van der Waals surface area contributed by atoms with Gasteiger partial charge < -0.3 is 9.84 Å². The van der Waals surface area contributed by atoms with Crippen molar-refractivity contribution in [3.8, 4) is 11.8 Å². The molecule has 1 N–H and O–H groups in total. The van der Waals surface area contributed by atoms with Crippen LogP contribution >= 0.6 is 11.6 Å². The maximum absolute atomic E-state index is 10.9. The lowest BCUT2D eigenvalue weighted by Crippen LogP contribution is -2.04. The lowest BCUT2D eigenvalue weighted by molar-refractivity contribution is 0.0689. The minimum absolute atomic E-state index is 0.000813. The second-order valence-electron chi connectivity index (χ2n) is 4.00. The van der Waals surface area contributed by atoms with Gasteiger partial charge in [-0.3, -0.25) is 0 Å². The lowest BCUT2D eigenvalue weighted by Gasteiger charge is -2.07. The summed E-state index contributed by atoms with van der Waals surface area (Å²) >= 11 is 5.91. The van der Waals surface area contributed by atoms with Gasteiger partial charge in [-0.25, -0.2) is 9.78 Å². The number of hydrogen-bond donors (Lipinski definition) is 1. The van der Waals surface area contributed by atoms with Gasteiger partial charge in [-0.2, -0.15) is 4.98 Å². The summed E-state index contributed by atoms with van der Waals surface area (Å²) < 4.78 is 5.44. The van der Waals surface area contributed by atoms with Gasteiger partial charge in [0.05, 0.1) is 0 Å². The normalized spacial score (nSPS) is 10.3. The lowest BCUT2D eigenvalue weighted by atomic mass is 10.2. The average Bonchev–Trinajstić information content (AvgIpc) is 2.33. The van der Waals surface area contributed by atoms with E-state index in [1.807, 2.05) is 6.92 Å². The van der Waals surface area contributed by atoms with Crippen LogP contribution in [-0.2, 0) is 0 Å². The summed E-state index contributed by atoms with van der Waals surface area (Å²) in [5, 5.41) is 9.55. The van der Waals surface area contributed by atoms with Crippen LogP contribution in [0.15, 0.2) is 24.3 Å². The molecule has 5 nitrogen and oxygen atoms in total. The van der Waals surface area contributed by atoms with Crippen LogP contribution in [0.5, 0.6) is 11.8 Å². The molecule has 2 aromatic rings. The Bertz CT molecular complexity index is 644. The van der Waals surface area contributed by atoms with Crippen molar-refractivity contribution >= 4 is 17.6 Å². The molecule has 0 fully saturated rings. The van der Waals surface area contributed by atoms with Crippen LogP contribution in [0.3, 0.4) is 0 Å². The number of carboxylic acids is 1. The molecule has 0 aliphatic heterocycles. The van der Waals surface area contributed by atoms with Crippen LogP contribution in [0.1, 0.15) is 21.7 Å². The molecule has 2 rings (SSSR count). The Balaban J connectivity index is 2.32. The summed E-state index contributed by atoms with van der Waals surface area (Å²) in [6.45, 7) is 3.52. The smallest absolute Gasteiger partial charge is 0.354 e. The number of hydrogen-bond acceptors (Lipinski definition) is 4. The van der Waals surface area contributed by atoms with Gasteiger partial charge in [0.2, 0.25) is 0 Å². The third-order valence-corrected chi connectivity index (χ3v) is 2.82. The number of benzene rings is 1. The van der Waals surface area contributed by atoms with E-state index >= 15 is 0 Å². The number of halogens is 1. The zero-order valence-electron chi connectivity index (χ0n) is 10.3. The molecule has 0 unspecified atom stereocenters. The molecule has 98 valence electrons. The molecule has 6 heteroatoms. The van der Waals surface area contributed by atoms with Crippen molar-refractivity contribution in [3.05, 3.63) is 46.2 Å². The highest BCUT2D eigenvalue weighted by Crippen LogP contribution is 2.24. The Labute approximate surface area is 114 Å². The summed E-state index contributed by atoms with van der Waals surface area (Å²) in [7, 11) is 0. The highest BCUT2D eigenvalue weighted by Gasteiger charge is 2.10. The van der Waals surface area contributed by atoms with E-state index in [9.17, 15) is 4.79 Å². The minimum Gasteiger partial charge on any atom is -0.477 e. The predicted molar refractivity (Wildman–Crippen MR) is 70.0 cm³/mol. The molecule has 19 heavy (non-hydrogen) atoms. The Morgan fingerprint density at radius 1 is 1.26 bits per heavy atom. The Morgan fingerprint density at radius 2 is 2.00 bits per heavy atom. The van der Waals surface area contributed by atoms with Crippen LogP contribution in [-0.4, -0.2) is 21.0 Å². The summed E-state index contributed by atoms with van der Waals surface area (Å²) in [5.74, 6) is -0.619. The number of aryl methyl sites for hydroxylation is 2. The Kier molecular flexibility index (Phi) is 3.66. The Morgan fingerprint density at radius 3 is 2.63 bits per heavy atom. The number of rotatable bonds is 3. The predicted octanol–water partition coefficient (Wildman–Crippen LogP) is 3.24. The van der Waals surface area contributed by atoms with Crippen LogP contribution in [0.25, 0.3) is 0 Å². The van der Waals surface area contributed by atoms with Gasteiger partial charge in [-0.15, -0.1) is 0 Å². The SMILES string of the molecule is Cc1cc(C(=O)O)nc(Oc2ccc(Cl)c(C)c2)n1. The van der Waals surface area contributed by atoms with Gasteiger partial charge in [0.25, 0.3) is 0 Å². The minimum atomic E-state index is -1.12. The van der Waals surface area contributed by atoms with Crippen LogP contribution in [0.2, 0.25) is 5.02 Å². The van der Waals surface area contributed by atoms with Crippen LogP contribution in [0.4, 0.5) is 0 Å². The molecule has 0 atom stereocenters. The van der Waals surface area contributed by atoms with Crippen LogP contribution < -0.4 is 4.74 Å². The standard InChI is InChI=1S/C13H11ClN2O3/c1-7-5-9(3-4-10(7)14)19-13-15-8(2)6-11(16-13)12(17)18/h3-6H,1-2H3,(H,17,18). The van der Waals surface area contributed by atoms with Crippen molar-refractivity contribution in [1.29, 1.82) is 0 Å². The highest BCUT2D eigenvalue weighted by atomic mass is 35.5. The fraction of sp³-hybridized carbons (Fsp3) is 0.154. The first-order chi connectivity index (χ1) is 8.95. The molecule has 0 saturated heterocycles. The average molecular weight is 279 g/mol. The first-order valence-corrected chi connectivity index (χ1v) is 5.86. The molecule has 1 aromatic carbocycles. The number of carbonyl (C=O) groups is 1. The van der Waals surface area contributed by atoms with E-state index in [1.54, 1.807) is 25.1 Å². The van der Waals surface area contributed by atoms with Gasteiger partial charge in [0.15, 0.2) is 5.69 Å². The zero-order chi connectivity index (χ0) is 14.0. The van der Waals surface area contributed by atoms with Crippen molar-refractivity contribution in [1.82, 2.24) is 9.97 Å². The van der Waals surface area contributed by atoms with Crippen molar-refractivity contribution in [3.63, 3.8) is 0 Å². The maximum atomic E-state index is 10.9. The fourth-order valence-corrected chi connectivity index (χ4v) is 1.60. The topological polar surface area (TPSA) is 72.3 Å². The van der Waals surface area contributed by atoms with E-state index in [2.05, 4.69) is 9.97 Å². The fourth-order valence-electron chi connectivity index (χ4n) is 1.48. The van der Waals surface area contributed by atoms with E-state index < -0.39 is 5.97 Å². The van der Waals surface area contributed by atoms with Gasteiger partial charge in [0, 0.05) is 10.7 Å². The van der Waals surface area contributed by atoms with Crippen molar-refractivity contribution in [2.75, 3.05) is 0 Å². The first kappa shape index (κ1) is 13.3. The van der Waals surface area contributed by atoms with Crippen molar-refractivity contribution in [2.45, 2.75) is 13.8 Å². The third-order valence-electron chi connectivity index (χ3n) is 2.39. The maximum Gasteiger partial charge on any atom is 0.354 e. The summed E-state index contributed by atoms with van der Waals surface area (Å²) in [6.07, 6.45) is 0. The molecule has 0 saturated carbocycles. The molecule has 0 bridgehead atoms. The molecule has 1 heterocycles. The number of carboxylic acid groups (broad SMARTS) is 1. The zero-order valence-corrected chi connectivity index (χ0v) is 11.1. The van der Waals surface area contributed by atoms with E-state index in [4.69, 9.17) is 21.4 Å². The van der Waals surface area contributed by atoms with Crippen molar-refractivity contribution < 1.29 is 14.6 Å². The monoisotopic (exact) mass is 278 g/mol. The van der Waals surface area contributed by atoms with Gasteiger partial charge in [0.1, 0.15) is 5.75 Å². The highest BCUT2D eigenvalue weighted by molar-refractivity contribution is 6.31. The number of aromatic nitrogens is 2. The number of ether oxygens (including phenoxy) is 1. The quantitative estimate of drug-likeness (QED) is 0.933. The number of nitrogens with zero attached hydrogens (tertiary/aromatic N) is 2. The van der Waals surface area contributed by atoms with E-state index in [-0.39, 0.29) is 11.7 Å². The van der Waals surface area contributed by atoms with Gasteiger partial charge in [-0.05, 0) is 43.7 Å². The molecule has 0 radical (unpaired) electrons. The largest absolute Gasteiger partial charge is 0.477 e. The molecule has 0 aliphatic rings. The van der Waals surface area contributed by atoms with Crippen molar-refractivity contribution in [2.24, 2.45) is 0 Å². The van der Waals surface area contributed by atoms with E-state index in [1.165, 1.54) is 6.07 Å². The molecular formula is C13H11ClN2O3. The summed E-state index contributed by atoms with van der Waals surface area (Å²) in [5.41, 5.74) is 1.27. The van der Waals surface area contributed by atoms with Gasteiger partial charge in [-0.1, -0.05) is 11.6 Å². The Hall–Kier alpha value is -2.14. The third kappa shape index (κ3) is 3.20. The second-order valence-corrected chi connectivity index (χ2v) is 4.40. The summed E-state index contributed by atoms with van der Waals surface area (Å²) in [6, 6.07) is 6.47. The van der Waals surface area contributed by atoms with E-state index in [0.717, 1.165) is 5.56 Å². The van der Waals surface area contributed by atoms with E-state index in [0.29, 0.717) is 16.5 Å². The summed E-state index contributed by atoms with van der Waals surface area (Å²) in [4.78, 5) is 18.7. The van der Waals surface area contributed by atoms with Gasteiger partial charge >= 0.3 is 12.0 Å². The molecule has 0 aliphatic carbocycles. The molecular weight excluding hydrogens is 268 g/mol.